The Morgan fingerprint density at radius 1 is 0.963 bits per heavy atom. The Morgan fingerprint density at radius 3 is 2.07 bits per heavy atom. The van der Waals surface area contributed by atoms with Crippen molar-refractivity contribution in [3.63, 3.8) is 0 Å². The lowest BCUT2D eigenvalue weighted by atomic mass is 9.87. The predicted molar refractivity (Wildman–Crippen MR) is 111 cm³/mol. The van der Waals surface area contributed by atoms with Gasteiger partial charge in [-0.15, -0.1) is 11.8 Å². The minimum Gasteiger partial charge on any atom is -0.339 e. The second-order valence-electron chi connectivity index (χ2n) is 8.75. The van der Waals surface area contributed by atoms with E-state index in [0.717, 1.165) is 17.7 Å². The molecule has 0 bridgehead atoms. The summed E-state index contributed by atoms with van der Waals surface area (Å²) in [5.41, 5.74) is 1.45. The van der Waals surface area contributed by atoms with Crippen LogP contribution in [0.15, 0.2) is 29.2 Å². The highest BCUT2D eigenvalue weighted by Gasteiger charge is 2.30. The molecule has 2 amide bonds. The van der Waals surface area contributed by atoms with Crippen LogP contribution in [0.25, 0.3) is 0 Å². The molecule has 2 aliphatic rings. The Morgan fingerprint density at radius 2 is 1.52 bits per heavy atom. The zero-order valence-electron chi connectivity index (χ0n) is 16.9. The molecule has 2 fully saturated rings. The number of rotatable bonds is 4. The molecule has 0 atom stereocenters. The number of thioether (sulfide) groups is 1. The summed E-state index contributed by atoms with van der Waals surface area (Å²) in [6.07, 6.45) is 4.46. The maximum Gasteiger partial charge on any atom is 0.233 e. The fourth-order valence-electron chi connectivity index (χ4n) is 3.89. The molecule has 1 saturated carbocycles. The Bertz CT molecular complexity index is 652. The lowest BCUT2D eigenvalue weighted by Gasteiger charge is -2.36. The molecule has 5 heteroatoms. The highest BCUT2D eigenvalue weighted by atomic mass is 32.2. The smallest absolute Gasteiger partial charge is 0.233 e. The summed E-state index contributed by atoms with van der Waals surface area (Å²) < 4.78 is 0. The maximum atomic E-state index is 12.5. The van der Waals surface area contributed by atoms with Crippen molar-refractivity contribution in [2.45, 2.75) is 56.8 Å². The van der Waals surface area contributed by atoms with Crippen molar-refractivity contribution < 1.29 is 9.59 Å². The number of nitrogens with zero attached hydrogens (tertiary/aromatic N) is 2. The van der Waals surface area contributed by atoms with Crippen molar-refractivity contribution in [2.75, 3.05) is 31.9 Å². The summed E-state index contributed by atoms with van der Waals surface area (Å²) in [5.74, 6) is 1.19. The van der Waals surface area contributed by atoms with Crippen molar-refractivity contribution in [2.24, 2.45) is 5.92 Å². The van der Waals surface area contributed by atoms with Crippen LogP contribution in [0, 0.1) is 5.92 Å². The minimum atomic E-state index is 0.147. The van der Waals surface area contributed by atoms with Crippen molar-refractivity contribution in [3.05, 3.63) is 29.8 Å². The van der Waals surface area contributed by atoms with Crippen LogP contribution in [-0.4, -0.2) is 53.5 Å². The van der Waals surface area contributed by atoms with Gasteiger partial charge in [0.05, 0.1) is 5.75 Å². The lowest BCUT2D eigenvalue weighted by molar-refractivity contribution is -0.141. The highest BCUT2D eigenvalue weighted by Crippen LogP contribution is 2.28. The molecule has 3 rings (SSSR count). The van der Waals surface area contributed by atoms with Gasteiger partial charge in [-0.2, -0.15) is 0 Å². The molecule has 4 nitrogen and oxygen atoms in total. The van der Waals surface area contributed by atoms with E-state index >= 15 is 0 Å². The van der Waals surface area contributed by atoms with Gasteiger partial charge in [-0.25, -0.2) is 0 Å². The van der Waals surface area contributed by atoms with Gasteiger partial charge >= 0.3 is 0 Å². The van der Waals surface area contributed by atoms with E-state index < -0.39 is 0 Å². The van der Waals surface area contributed by atoms with E-state index in [1.165, 1.54) is 18.4 Å². The Balaban J connectivity index is 1.43. The highest BCUT2D eigenvalue weighted by molar-refractivity contribution is 8.00. The number of benzene rings is 1. The van der Waals surface area contributed by atoms with Crippen molar-refractivity contribution in [1.82, 2.24) is 9.80 Å². The molecule has 1 aliphatic carbocycles. The van der Waals surface area contributed by atoms with E-state index in [0.29, 0.717) is 37.8 Å². The van der Waals surface area contributed by atoms with Crippen LogP contribution in [0.2, 0.25) is 0 Å². The summed E-state index contributed by atoms with van der Waals surface area (Å²) in [4.78, 5) is 30.0. The first kappa shape index (κ1) is 20.2. The van der Waals surface area contributed by atoms with Gasteiger partial charge in [0.25, 0.3) is 0 Å². The average Bonchev–Trinajstić information content (AvgIpc) is 3.20. The third-order valence-corrected chi connectivity index (χ3v) is 6.73. The second kappa shape index (κ2) is 8.68. The molecule has 27 heavy (non-hydrogen) atoms. The Kier molecular flexibility index (Phi) is 6.51. The van der Waals surface area contributed by atoms with Gasteiger partial charge in [0.2, 0.25) is 11.8 Å². The molecule has 0 aromatic heterocycles. The quantitative estimate of drug-likeness (QED) is 0.734. The zero-order chi connectivity index (χ0) is 19.4. The normalized spacial score (nSPS) is 18.8. The fourth-order valence-corrected chi connectivity index (χ4v) is 4.70. The molecule has 1 aromatic rings. The van der Waals surface area contributed by atoms with Crippen LogP contribution < -0.4 is 0 Å². The molecule has 1 aromatic carbocycles. The predicted octanol–water partition coefficient (Wildman–Crippen LogP) is 3.94. The van der Waals surface area contributed by atoms with Crippen molar-refractivity contribution in [1.29, 1.82) is 0 Å². The van der Waals surface area contributed by atoms with Crippen LogP contribution >= 0.6 is 11.8 Å². The van der Waals surface area contributed by atoms with Crippen LogP contribution in [0.5, 0.6) is 0 Å². The first-order chi connectivity index (χ1) is 12.8. The number of hydrogen-bond donors (Lipinski definition) is 0. The standard InChI is InChI=1S/C22H32N2O2S/c1-22(2,3)18-8-10-19(11-9-18)27-16-20(25)23-12-14-24(15-13-23)21(26)17-6-4-5-7-17/h8-11,17H,4-7,12-16H2,1-3H3. The molecule has 148 valence electrons. The first-order valence-corrected chi connectivity index (χ1v) is 11.1. The monoisotopic (exact) mass is 388 g/mol. The van der Waals surface area contributed by atoms with Crippen molar-refractivity contribution >= 4 is 23.6 Å². The number of carbonyl (C=O) groups is 2. The molecule has 0 N–H and O–H groups in total. The van der Waals surface area contributed by atoms with Gasteiger partial charge in [-0.3, -0.25) is 9.59 Å². The van der Waals surface area contributed by atoms with Gasteiger partial charge in [-0.05, 0) is 36.0 Å². The minimum absolute atomic E-state index is 0.147. The molecular weight excluding hydrogens is 356 g/mol. The largest absolute Gasteiger partial charge is 0.339 e. The van der Waals surface area contributed by atoms with Crippen LogP contribution in [-0.2, 0) is 15.0 Å². The van der Waals surface area contributed by atoms with Crippen LogP contribution in [0.4, 0.5) is 0 Å². The summed E-state index contributed by atoms with van der Waals surface area (Å²) >= 11 is 1.60. The second-order valence-corrected chi connectivity index (χ2v) is 9.80. The first-order valence-electron chi connectivity index (χ1n) is 10.1. The van der Waals surface area contributed by atoms with Gasteiger partial charge < -0.3 is 9.80 Å². The van der Waals surface area contributed by atoms with E-state index in [2.05, 4.69) is 45.0 Å². The summed E-state index contributed by atoms with van der Waals surface area (Å²) in [6, 6.07) is 8.52. The third kappa shape index (κ3) is 5.28. The average molecular weight is 389 g/mol. The van der Waals surface area contributed by atoms with Gasteiger partial charge in [0, 0.05) is 37.0 Å². The van der Waals surface area contributed by atoms with E-state index in [4.69, 9.17) is 0 Å². The van der Waals surface area contributed by atoms with Crippen LogP contribution in [0.1, 0.15) is 52.0 Å². The number of carbonyl (C=O) groups excluding carboxylic acids is 2. The third-order valence-electron chi connectivity index (χ3n) is 5.73. The molecule has 0 spiro atoms. The van der Waals surface area contributed by atoms with E-state index in [-0.39, 0.29) is 17.2 Å². The van der Waals surface area contributed by atoms with Gasteiger partial charge in [0.1, 0.15) is 0 Å². The molecule has 1 aliphatic heterocycles. The van der Waals surface area contributed by atoms with Gasteiger partial charge in [0.15, 0.2) is 0 Å². The number of piperazine rings is 1. The van der Waals surface area contributed by atoms with E-state index in [1.807, 2.05) is 9.80 Å². The molecule has 1 saturated heterocycles. The number of hydrogen-bond acceptors (Lipinski definition) is 3. The molecule has 1 heterocycles. The zero-order valence-corrected chi connectivity index (χ0v) is 17.7. The topological polar surface area (TPSA) is 40.6 Å². The summed E-state index contributed by atoms with van der Waals surface area (Å²) in [5, 5.41) is 0. The van der Waals surface area contributed by atoms with Gasteiger partial charge in [-0.1, -0.05) is 45.7 Å². The SMILES string of the molecule is CC(C)(C)c1ccc(SCC(=O)N2CCN(C(=O)C3CCCC3)CC2)cc1. The van der Waals surface area contributed by atoms with Crippen molar-refractivity contribution in [3.8, 4) is 0 Å². The van der Waals surface area contributed by atoms with E-state index in [1.54, 1.807) is 11.8 Å². The Labute approximate surface area is 167 Å². The lowest BCUT2D eigenvalue weighted by Crippen LogP contribution is -2.52. The maximum absolute atomic E-state index is 12.5. The van der Waals surface area contributed by atoms with Crippen LogP contribution in [0.3, 0.4) is 0 Å². The Hall–Kier alpha value is -1.49. The van der Waals surface area contributed by atoms with E-state index in [9.17, 15) is 9.59 Å². The molecular formula is C22H32N2O2S. The summed E-state index contributed by atoms with van der Waals surface area (Å²) in [6.45, 7) is 9.32. The number of amides is 2. The fraction of sp³-hybridized carbons (Fsp3) is 0.636. The molecule has 0 radical (unpaired) electrons. The molecule has 0 unspecified atom stereocenters. The summed E-state index contributed by atoms with van der Waals surface area (Å²) in [7, 11) is 0.